The van der Waals surface area contributed by atoms with Gasteiger partial charge in [-0.25, -0.2) is 0 Å². The topological polar surface area (TPSA) is 60.0 Å². The summed E-state index contributed by atoms with van der Waals surface area (Å²) in [6, 6.07) is 12.1. The summed E-state index contributed by atoms with van der Waals surface area (Å²) >= 11 is 0. The molecular formula is C21H20N2O4. The van der Waals surface area contributed by atoms with Crippen LogP contribution in [-0.2, 0) is 33.1 Å². The van der Waals surface area contributed by atoms with Crippen LogP contribution in [0.25, 0.3) is 0 Å². The molecule has 3 aliphatic rings. The van der Waals surface area contributed by atoms with Crippen LogP contribution in [0.4, 0.5) is 5.69 Å². The first-order chi connectivity index (χ1) is 13.0. The molecule has 2 aromatic rings. The van der Waals surface area contributed by atoms with Gasteiger partial charge in [-0.05, 0) is 35.7 Å². The summed E-state index contributed by atoms with van der Waals surface area (Å²) in [6.45, 7) is 5.15. The highest BCUT2D eigenvalue weighted by molar-refractivity contribution is 5.98. The van der Waals surface area contributed by atoms with Gasteiger partial charge in [0.1, 0.15) is 12.5 Å². The molecule has 1 unspecified atom stereocenters. The molecule has 6 heteroatoms. The summed E-state index contributed by atoms with van der Waals surface area (Å²) in [7, 11) is 0. The van der Waals surface area contributed by atoms with Gasteiger partial charge in [0, 0.05) is 20.0 Å². The molecule has 2 aromatic carbocycles. The fraction of sp³-hybridized carbons (Fsp3) is 0.286. The molecule has 0 aromatic heterocycles. The van der Waals surface area contributed by atoms with Crippen LogP contribution in [0.3, 0.4) is 0 Å². The third kappa shape index (κ3) is 2.56. The molecule has 0 aliphatic carbocycles. The van der Waals surface area contributed by atoms with Crippen molar-refractivity contribution in [3.8, 4) is 5.75 Å². The summed E-state index contributed by atoms with van der Waals surface area (Å²) in [5.41, 5.74) is 4.83. The van der Waals surface area contributed by atoms with Crippen LogP contribution in [0.1, 0.15) is 29.2 Å². The molecule has 0 saturated heterocycles. The van der Waals surface area contributed by atoms with E-state index in [4.69, 9.17) is 14.2 Å². The van der Waals surface area contributed by atoms with Crippen LogP contribution in [0, 0.1) is 6.92 Å². The largest absolute Gasteiger partial charge is 0.463 e. The number of amides is 1. The molecule has 0 bridgehead atoms. The quantitative estimate of drug-likeness (QED) is 0.885. The van der Waals surface area contributed by atoms with Crippen molar-refractivity contribution in [2.45, 2.75) is 39.0 Å². The second-order valence-corrected chi connectivity index (χ2v) is 7.28. The summed E-state index contributed by atoms with van der Waals surface area (Å²) < 4.78 is 17.6. The Balaban J connectivity index is 1.50. The Hall–Kier alpha value is -2.99. The Kier molecular flexibility index (Phi) is 3.45. The smallest absolute Gasteiger partial charge is 0.281 e. The lowest BCUT2D eigenvalue weighted by molar-refractivity contribution is -0.140. The van der Waals surface area contributed by atoms with E-state index in [9.17, 15) is 4.79 Å². The maximum atomic E-state index is 12.8. The average molecular weight is 364 g/mol. The minimum Gasteiger partial charge on any atom is -0.463 e. The van der Waals surface area contributed by atoms with E-state index in [2.05, 4.69) is 17.4 Å². The fourth-order valence-electron chi connectivity index (χ4n) is 3.93. The molecular weight excluding hydrogens is 344 g/mol. The van der Waals surface area contributed by atoms with Gasteiger partial charge in [-0.2, -0.15) is 0 Å². The van der Waals surface area contributed by atoms with Crippen molar-refractivity contribution in [3.63, 3.8) is 0 Å². The van der Waals surface area contributed by atoms with Gasteiger partial charge in [0.05, 0.1) is 11.3 Å². The van der Waals surface area contributed by atoms with E-state index in [0.717, 1.165) is 11.1 Å². The van der Waals surface area contributed by atoms with Gasteiger partial charge < -0.3 is 19.5 Å². The lowest BCUT2D eigenvalue weighted by atomic mass is 10.0. The molecule has 1 atom stereocenters. The summed E-state index contributed by atoms with van der Waals surface area (Å²) in [5.74, 6) is -0.549. The molecule has 3 aliphatic heterocycles. The molecule has 6 nitrogen and oxygen atoms in total. The summed E-state index contributed by atoms with van der Waals surface area (Å²) in [5, 5.41) is 3.00. The monoisotopic (exact) mass is 364 g/mol. The second kappa shape index (κ2) is 5.76. The number of ether oxygens (including phenoxy) is 3. The number of carbonyl (C=O) groups excluding carboxylic acids is 1. The number of benzene rings is 2. The van der Waals surface area contributed by atoms with Crippen LogP contribution < -0.4 is 10.1 Å². The van der Waals surface area contributed by atoms with E-state index in [1.807, 2.05) is 43.0 Å². The van der Waals surface area contributed by atoms with Crippen molar-refractivity contribution in [1.29, 1.82) is 0 Å². The highest BCUT2D eigenvalue weighted by atomic mass is 16.7. The molecule has 1 amide bonds. The first kappa shape index (κ1) is 16.2. The van der Waals surface area contributed by atoms with Gasteiger partial charge >= 0.3 is 0 Å². The first-order valence-corrected chi connectivity index (χ1v) is 8.98. The van der Waals surface area contributed by atoms with Gasteiger partial charge in [-0.3, -0.25) is 9.69 Å². The zero-order chi connectivity index (χ0) is 18.6. The van der Waals surface area contributed by atoms with E-state index in [1.54, 1.807) is 0 Å². The van der Waals surface area contributed by atoms with Crippen LogP contribution in [0.2, 0.25) is 0 Å². The molecule has 0 radical (unpaired) electrons. The molecule has 0 fully saturated rings. The number of rotatable bonds is 2. The van der Waals surface area contributed by atoms with Crippen molar-refractivity contribution in [2.75, 3.05) is 5.32 Å². The Morgan fingerprint density at radius 3 is 2.44 bits per heavy atom. The van der Waals surface area contributed by atoms with Crippen LogP contribution in [0.15, 0.2) is 48.9 Å². The molecule has 0 spiro atoms. The zero-order valence-electron chi connectivity index (χ0n) is 15.2. The van der Waals surface area contributed by atoms with Gasteiger partial charge in [-0.1, -0.05) is 24.3 Å². The van der Waals surface area contributed by atoms with Crippen molar-refractivity contribution < 1.29 is 19.0 Å². The van der Waals surface area contributed by atoms with E-state index < -0.39 is 12.0 Å². The third-order valence-electron chi connectivity index (χ3n) is 5.27. The van der Waals surface area contributed by atoms with Gasteiger partial charge in [-0.15, -0.1) is 0 Å². The van der Waals surface area contributed by atoms with Crippen LogP contribution >= 0.6 is 0 Å². The highest BCUT2D eigenvalue weighted by Crippen LogP contribution is 2.44. The number of aryl methyl sites for hydroxylation is 1. The lowest BCUT2D eigenvalue weighted by Crippen LogP contribution is -2.48. The summed E-state index contributed by atoms with van der Waals surface area (Å²) in [4.78, 5) is 14.8. The Bertz CT molecular complexity index is 936. The fourth-order valence-corrected chi connectivity index (χ4v) is 3.93. The molecule has 0 saturated carbocycles. The van der Waals surface area contributed by atoms with Crippen LogP contribution in [-0.4, -0.2) is 17.0 Å². The van der Waals surface area contributed by atoms with E-state index in [0.29, 0.717) is 24.5 Å². The number of nitrogens with zero attached hydrogens (tertiary/aromatic N) is 1. The predicted octanol–water partition coefficient (Wildman–Crippen LogP) is 3.36. The Morgan fingerprint density at radius 1 is 1.11 bits per heavy atom. The summed E-state index contributed by atoms with van der Waals surface area (Å²) in [6.07, 6.45) is 2.33. The standard InChI is InChI=1S/C21H20N2O4/c1-13-9-16(21(2)25-7-8-26-21)18-17(10-13)22-19(24)20(27-18)23-11-14-5-3-4-6-15(14)12-23/h3-10,20H,11-12H2,1-2H3,(H,22,24). The Labute approximate surface area is 157 Å². The minimum atomic E-state index is -0.976. The number of anilines is 1. The number of carbonyl (C=O) groups is 1. The zero-order valence-corrected chi connectivity index (χ0v) is 15.2. The number of nitrogens with one attached hydrogen (secondary N) is 1. The highest BCUT2D eigenvalue weighted by Gasteiger charge is 2.42. The molecule has 27 heavy (non-hydrogen) atoms. The van der Waals surface area contributed by atoms with E-state index in [1.165, 1.54) is 23.7 Å². The number of fused-ring (bicyclic) bond motifs is 2. The maximum absolute atomic E-state index is 12.8. The van der Waals surface area contributed by atoms with Gasteiger partial charge in [0.2, 0.25) is 6.23 Å². The van der Waals surface area contributed by atoms with Gasteiger partial charge in [0.25, 0.3) is 11.7 Å². The minimum absolute atomic E-state index is 0.164. The number of hydrogen-bond donors (Lipinski definition) is 1. The average Bonchev–Trinajstić information content (AvgIpc) is 3.27. The van der Waals surface area contributed by atoms with Crippen LogP contribution in [0.5, 0.6) is 5.75 Å². The molecule has 5 rings (SSSR count). The van der Waals surface area contributed by atoms with Crippen molar-refractivity contribution in [3.05, 3.63) is 71.2 Å². The van der Waals surface area contributed by atoms with Crippen molar-refractivity contribution >= 4 is 11.6 Å². The first-order valence-electron chi connectivity index (χ1n) is 8.98. The predicted molar refractivity (Wildman–Crippen MR) is 98.6 cm³/mol. The normalized spacial score (nSPS) is 22.3. The SMILES string of the molecule is Cc1cc2c(c(C3(C)OC=CO3)c1)OC(N1Cc3ccccc3C1)C(=O)N2. The van der Waals surface area contributed by atoms with E-state index >= 15 is 0 Å². The molecule has 138 valence electrons. The number of hydrogen-bond acceptors (Lipinski definition) is 5. The van der Waals surface area contributed by atoms with Crippen molar-refractivity contribution in [2.24, 2.45) is 0 Å². The lowest BCUT2D eigenvalue weighted by Gasteiger charge is -2.35. The van der Waals surface area contributed by atoms with Gasteiger partial charge in [0.15, 0.2) is 5.75 Å². The van der Waals surface area contributed by atoms with E-state index in [-0.39, 0.29) is 5.91 Å². The maximum Gasteiger partial charge on any atom is 0.281 e. The molecule has 3 heterocycles. The van der Waals surface area contributed by atoms with Crippen molar-refractivity contribution in [1.82, 2.24) is 4.90 Å². The second-order valence-electron chi connectivity index (χ2n) is 7.28. The third-order valence-corrected chi connectivity index (χ3v) is 5.27. The molecule has 1 N–H and O–H groups in total. The Morgan fingerprint density at radius 2 is 1.78 bits per heavy atom.